The Morgan fingerprint density at radius 1 is 1.48 bits per heavy atom. The maximum atomic E-state index is 11.6. The Hall–Kier alpha value is -1.98. The lowest BCUT2D eigenvalue weighted by atomic mass is 10.2. The molecule has 9 nitrogen and oxygen atoms in total. The van der Waals surface area contributed by atoms with Crippen LogP contribution >= 0.6 is 11.3 Å². The quantitative estimate of drug-likeness (QED) is 0.700. The zero-order valence-electron chi connectivity index (χ0n) is 12.7. The van der Waals surface area contributed by atoms with Crippen molar-refractivity contribution in [1.29, 1.82) is 0 Å². The highest BCUT2D eigenvalue weighted by Crippen LogP contribution is 2.22. The molecule has 0 aliphatic carbocycles. The number of ether oxygens (including phenoxy) is 1. The first kappa shape index (κ1) is 19.1. The van der Waals surface area contributed by atoms with Gasteiger partial charge in [-0.25, -0.2) is 18.2 Å². The van der Waals surface area contributed by atoms with Gasteiger partial charge in [-0.2, -0.15) is 4.72 Å². The molecule has 0 radical (unpaired) electrons. The maximum absolute atomic E-state index is 11.6. The molecule has 23 heavy (non-hydrogen) atoms. The first-order chi connectivity index (χ1) is 10.4. The van der Waals surface area contributed by atoms with Crippen molar-refractivity contribution in [3.05, 3.63) is 23.1 Å². The van der Waals surface area contributed by atoms with Crippen LogP contribution in [0.15, 0.2) is 17.4 Å². The molecule has 0 saturated carbocycles. The first-order valence-electron chi connectivity index (χ1n) is 6.26. The van der Waals surface area contributed by atoms with Crippen molar-refractivity contribution < 1.29 is 27.9 Å². The molecule has 0 saturated heterocycles. The molecule has 1 amide bonds. The third-order valence-corrected chi connectivity index (χ3v) is 3.95. The van der Waals surface area contributed by atoms with Gasteiger partial charge >= 0.3 is 12.1 Å². The van der Waals surface area contributed by atoms with E-state index in [4.69, 9.17) is 9.84 Å². The van der Waals surface area contributed by atoms with Crippen LogP contribution in [0, 0.1) is 0 Å². The van der Waals surface area contributed by atoms with Gasteiger partial charge in [-0.15, -0.1) is 11.3 Å². The molecule has 1 heterocycles. The number of hydrogen-bond acceptors (Lipinski definition) is 7. The van der Waals surface area contributed by atoms with Crippen molar-refractivity contribution in [2.75, 3.05) is 5.32 Å². The number of aliphatic carboxylic acids is 1. The highest BCUT2D eigenvalue weighted by atomic mass is 32.2. The summed E-state index contributed by atoms with van der Waals surface area (Å²) in [5.74, 6) is -1.44. The number of carbonyl (C=O) groups is 2. The second kappa shape index (κ2) is 7.06. The lowest BCUT2D eigenvalue weighted by molar-refractivity contribution is -0.139. The van der Waals surface area contributed by atoms with Gasteiger partial charge in [0.15, 0.2) is 11.2 Å². The van der Waals surface area contributed by atoms with Crippen LogP contribution in [0.25, 0.3) is 0 Å². The Morgan fingerprint density at radius 3 is 2.57 bits per heavy atom. The van der Waals surface area contributed by atoms with Crippen LogP contribution in [0.3, 0.4) is 0 Å². The summed E-state index contributed by atoms with van der Waals surface area (Å²) >= 11 is 0.936. The minimum absolute atomic E-state index is 0.0704. The van der Waals surface area contributed by atoms with Gasteiger partial charge in [0.05, 0.1) is 5.69 Å². The topological polar surface area (TPSA) is 135 Å². The molecule has 11 heteroatoms. The number of nitrogens with one attached hydrogen (secondary N) is 2. The minimum Gasteiger partial charge on any atom is -0.480 e. The average molecular weight is 363 g/mol. The second-order valence-corrected chi connectivity index (χ2v) is 7.82. The number of anilines is 1. The molecule has 0 spiro atoms. The zero-order valence-corrected chi connectivity index (χ0v) is 14.3. The number of carboxylic acids is 1. The largest absolute Gasteiger partial charge is 0.480 e. The summed E-state index contributed by atoms with van der Waals surface area (Å²) < 4.78 is 29.8. The van der Waals surface area contributed by atoms with Gasteiger partial charge in [0, 0.05) is 10.8 Å². The predicted molar refractivity (Wildman–Crippen MR) is 84.6 cm³/mol. The van der Waals surface area contributed by atoms with Gasteiger partial charge in [-0.1, -0.05) is 6.58 Å². The molecule has 1 aromatic rings. The number of aromatic nitrogens is 1. The highest BCUT2D eigenvalue weighted by Gasteiger charge is 2.27. The van der Waals surface area contributed by atoms with Crippen LogP contribution in [0.1, 0.15) is 32.5 Å². The van der Waals surface area contributed by atoms with E-state index in [1.165, 1.54) is 5.38 Å². The summed E-state index contributed by atoms with van der Waals surface area (Å²) in [6.45, 7) is 8.14. The number of carbonyl (C=O) groups excluding carboxylic acids is 1. The molecule has 1 aromatic heterocycles. The summed E-state index contributed by atoms with van der Waals surface area (Å²) in [5.41, 5.74) is -0.771. The third kappa shape index (κ3) is 6.34. The summed E-state index contributed by atoms with van der Waals surface area (Å²) in [4.78, 5) is 26.7. The molecule has 0 aromatic carbocycles. The molecule has 0 aliphatic rings. The highest BCUT2D eigenvalue weighted by molar-refractivity contribution is 7.92. The number of amides is 1. The average Bonchev–Trinajstić information content (AvgIpc) is 2.81. The molecule has 128 valence electrons. The van der Waals surface area contributed by atoms with Crippen LogP contribution in [0.2, 0.25) is 0 Å². The van der Waals surface area contributed by atoms with Gasteiger partial charge in [-0.3, -0.25) is 10.1 Å². The number of thiazole rings is 1. The van der Waals surface area contributed by atoms with Crippen LogP contribution in [0.4, 0.5) is 9.93 Å². The van der Waals surface area contributed by atoms with Crippen LogP contribution < -0.4 is 10.0 Å². The lowest BCUT2D eigenvalue weighted by Crippen LogP contribution is -2.32. The Balaban J connectivity index is 2.89. The summed E-state index contributed by atoms with van der Waals surface area (Å²) in [7, 11) is -3.96. The van der Waals surface area contributed by atoms with Gasteiger partial charge in [0.2, 0.25) is 10.0 Å². The van der Waals surface area contributed by atoms with Crippen LogP contribution in [-0.4, -0.2) is 36.2 Å². The van der Waals surface area contributed by atoms with Gasteiger partial charge in [0.25, 0.3) is 0 Å². The molecular weight excluding hydrogens is 346 g/mol. The van der Waals surface area contributed by atoms with E-state index in [0.717, 1.165) is 11.3 Å². The Labute approximate surface area is 137 Å². The van der Waals surface area contributed by atoms with E-state index >= 15 is 0 Å². The van der Waals surface area contributed by atoms with E-state index in [0.29, 0.717) is 5.41 Å². The zero-order chi connectivity index (χ0) is 17.8. The molecule has 0 fully saturated rings. The third-order valence-electron chi connectivity index (χ3n) is 2.17. The van der Waals surface area contributed by atoms with E-state index in [1.807, 2.05) is 4.72 Å². The smallest absolute Gasteiger partial charge is 0.413 e. The fourth-order valence-electron chi connectivity index (χ4n) is 1.32. The monoisotopic (exact) mass is 363 g/mol. The Morgan fingerprint density at radius 2 is 2.09 bits per heavy atom. The van der Waals surface area contributed by atoms with Crippen molar-refractivity contribution in [1.82, 2.24) is 9.71 Å². The van der Waals surface area contributed by atoms with Crippen molar-refractivity contribution in [3.63, 3.8) is 0 Å². The van der Waals surface area contributed by atoms with Crippen LogP contribution in [0.5, 0.6) is 0 Å². The summed E-state index contributed by atoms with van der Waals surface area (Å²) in [6, 6.07) is -1.59. The van der Waals surface area contributed by atoms with Crippen molar-refractivity contribution in [2.45, 2.75) is 32.4 Å². The van der Waals surface area contributed by atoms with E-state index in [2.05, 4.69) is 16.9 Å². The SMILES string of the molecule is C=CS(=O)(=O)N[C@@H](C(=O)O)c1csc(NC(=O)OC(C)(C)C)n1. The number of carboxylic acid groups (broad SMARTS) is 1. The fourth-order valence-corrected chi connectivity index (χ4v) is 2.68. The molecule has 1 rings (SSSR count). The maximum Gasteiger partial charge on any atom is 0.413 e. The molecule has 0 unspecified atom stereocenters. The van der Waals surface area contributed by atoms with Gasteiger partial charge < -0.3 is 9.84 Å². The van der Waals surface area contributed by atoms with E-state index in [-0.39, 0.29) is 10.8 Å². The molecule has 0 bridgehead atoms. The van der Waals surface area contributed by atoms with E-state index in [1.54, 1.807) is 20.8 Å². The fraction of sp³-hybridized carbons (Fsp3) is 0.417. The normalized spacial score (nSPS) is 13.2. The predicted octanol–water partition coefficient (Wildman–Crippen LogP) is 1.68. The van der Waals surface area contributed by atoms with Crippen LogP contribution in [-0.2, 0) is 19.6 Å². The van der Waals surface area contributed by atoms with Gasteiger partial charge in [-0.05, 0) is 20.8 Å². The van der Waals surface area contributed by atoms with E-state index in [9.17, 15) is 18.0 Å². The first-order valence-corrected chi connectivity index (χ1v) is 8.69. The van der Waals surface area contributed by atoms with E-state index < -0.39 is 33.7 Å². The van der Waals surface area contributed by atoms with Gasteiger partial charge in [0.1, 0.15) is 5.60 Å². The molecule has 0 aliphatic heterocycles. The summed E-state index contributed by atoms with van der Waals surface area (Å²) in [6.07, 6.45) is -0.753. The molecule has 1 atom stereocenters. The lowest BCUT2D eigenvalue weighted by Gasteiger charge is -2.18. The number of hydrogen-bond donors (Lipinski definition) is 3. The van der Waals surface area contributed by atoms with Crippen molar-refractivity contribution in [3.8, 4) is 0 Å². The Kier molecular flexibility index (Phi) is 5.86. The molecule has 3 N–H and O–H groups in total. The second-order valence-electron chi connectivity index (χ2n) is 5.31. The van der Waals surface area contributed by atoms with Crippen molar-refractivity contribution >= 4 is 38.6 Å². The Bertz CT molecular complexity index is 705. The number of rotatable bonds is 6. The number of nitrogens with zero attached hydrogens (tertiary/aromatic N) is 1. The standard InChI is InChI=1S/C12H17N3O6S2/c1-5-23(19,20)15-8(9(16)17)7-6-22-10(13-7)14-11(18)21-12(2,3)4/h5-6,8,15H,1H2,2-4H3,(H,16,17)(H,13,14,18)/t8-/m1/s1. The molecular formula is C12H17N3O6S2. The minimum atomic E-state index is -3.96. The summed E-state index contributed by atoms with van der Waals surface area (Å²) in [5, 5.41) is 13.5. The van der Waals surface area contributed by atoms with Crippen molar-refractivity contribution in [2.24, 2.45) is 0 Å². The number of sulfonamides is 1.